The quantitative estimate of drug-likeness (QED) is 0.635. The third-order valence-electron chi connectivity index (χ3n) is 1.49. The second-order valence-electron chi connectivity index (χ2n) is 2.35. The van der Waals surface area contributed by atoms with Gasteiger partial charge in [-0.05, 0) is 6.07 Å². The normalized spacial score (nSPS) is 21.8. The van der Waals surface area contributed by atoms with Crippen molar-refractivity contribution >= 4 is 23.2 Å². The molecule has 0 radical (unpaired) electrons. The lowest BCUT2D eigenvalue weighted by Crippen LogP contribution is -1.86. The van der Waals surface area contributed by atoms with Crippen LogP contribution in [-0.4, -0.2) is 11.6 Å². The molecule has 1 aromatic rings. The van der Waals surface area contributed by atoms with E-state index >= 15 is 0 Å². The minimum absolute atomic E-state index is 0.143. The molecule has 0 bridgehead atoms. The highest BCUT2D eigenvalue weighted by molar-refractivity contribution is 6.41. The van der Waals surface area contributed by atoms with Crippen LogP contribution >= 0.6 is 23.2 Å². The Hall–Kier alpha value is -0.310. The summed E-state index contributed by atoms with van der Waals surface area (Å²) in [7, 11) is 0. The van der Waals surface area contributed by atoms with Crippen LogP contribution in [0.5, 0.6) is 0 Å². The average molecular weight is 190 g/mol. The summed E-state index contributed by atoms with van der Waals surface area (Å²) in [6, 6.07) is 1.74. The zero-order chi connectivity index (χ0) is 7.84. The number of hydrogen-bond donors (Lipinski definition) is 0. The summed E-state index contributed by atoms with van der Waals surface area (Å²) >= 11 is 11.4. The molecule has 11 heavy (non-hydrogen) atoms. The fourth-order valence-corrected chi connectivity index (χ4v) is 1.09. The van der Waals surface area contributed by atoms with Gasteiger partial charge in [-0.15, -0.1) is 0 Å². The monoisotopic (exact) mass is 189 g/mol. The number of halogens is 2. The van der Waals surface area contributed by atoms with E-state index in [1.165, 1.54) is 0 Å². The van der Waals surface area contributed by atoms with Crippen molar-refractivity contribution in [2.75, 3.05) is 6.61 Å². The molecular weight excluding hydrogens is 185 g/mol. The second-order valence-corrected chi connectivity index (χ2v) is 3.16. The van der Waals surface area contributed by atoms with Crippen molar-refractivity contribution in [1.29, 1.82) is 0 Å². The van der Waals surface area contributed by atoms with E-state index in [0.717, 1.165) is 12.3 Å². The zero-order valence-corrected chi connectivity index (χ0v) is 7.06. The van der Waals surface area contributed by atoms with Gasteiger partial charge >= 0.3 is 0 Å². The van der Waals surface area contributed by atoms with Gasteiger partial charge in [-0.1, -0.05) is 23.2 Å². The third-order valence-corrected chi connectivity index (χ3v) is 2.20. The molecule has 0 aromatic carbocycles. The van der Waals surface area contributed by atoms with E-state index in [2.05, 4.69) is 4.98 Å². The Morgan fingerprint density at radius 2 is 2.18 bits per heavy atom. The van der Waals surface area contributed by atoms with E-state index in [9.17, 15) is 0 Å². The number of nitrogens with zero attached hydrogens (tertiary/aromatic N) is 1. The predicted octanol–water partition coefficient (Wildman–Crippen LogP) is 2.46. The Bertz CT molecular complexity index is 286. The summed E-state index contributed by atoms with van der Waals surface area (Å²) in [6.45, 7) is 0.741. The fourth-order valence-electron chi connectivity index (χ4n) is 0.824. The van der Waals surface area contributed by atoms with E-state index in [-0.39, 0.29) is 6.10 Å². The van der Waals surface area contributed by atoms with Crippen molar-refractivity contribution in [3.05, 3.63) is 28.0 Å². The lowest BCUT2D eigenvalue weighted by molar-refractivity contribution is 0.411. The fraction of sp³-hybridized carbons (Fsp3) is 0.286. The standard InChI is InChI=1S/C7H5Cl2NO/c8-4-1-6(7-3-11-7)10-2-5(4)9/h1-2,7H,3H2. The molecule has 2 rings (SSSR count). The van der Waals surface area contributed by atoms with Crippen LogP contribution in [0.25, 0.3) is 0 Å². The van der Waals surface area contributed by atoms with Gasteiger partial charge in [-0.25, -0.2) is 0 Å². The average Bonchev–Trinajstić information content (AvgIpc) is 2.77. The molecule has 0 aliphatic carbocycles. The van der Waals surface area contributed by atoms with E-state index in [1.54, 1.807) is 12.3 Å². The molecule has 1 aromatic heterocycles. The van der Waals surface area contributed by atoms with Crippen molar-refractivity contribution in [1.82, 2.24) is 4.98 Å². The van der Waals surface area contributed by atoms with Crippen molar-refractivity contribution in [2.45, 2.75) is 6.10 Å². The number of pyridine rings is 1. The van der Waals surface area contributed by atoms with Gasteiger partial charge in [0.05, 0.1) is 22.3 Å². The summed E-state index contributed by atoms with van der Waals surface area (Å²) in [5.41, 5.74) is 0.861. The minimum Gasteiger partial charge on any atom is -0.366 e. The molecule has 4 heteroatoms. The summed E-state index contributed by atoms with van der Waals surface area (Å²) in [4.78, 5) is 4.06. The molecule has 1 fully saturated rings. The van der Waals surface area contributed by atoms with Crippen LogP contribution in [0, 0.1) is 0 Å². The number of epoxide rings is 1. The highest BCUT2D eigenvalue weighted by Gasteiger charge is 2.26. The first-order chi connectivity index (χ1) is 5.27. The molecular formula is C7H5Cl2NO. The number of aromatic nitrogens is 1. The SMILES string of the molecule is Clc1cnc(C2CO2)cc1Cl. The van der Waals surface area contributed by atoms with Crippen molar-refractivity contribution in [3.8, 4) is 0 Å². The van der Waals surface area contributed by atoms with Gasteiger partial charge in [0.2, 0.25) is 0 Å². The van der Waals surface area contributed by atoms with Crippen LogP contribution < -0.4 is 0 Å². The maximum atomic E-state index is 5.76. The summed E-state index contributed by atoms with van der Waals surface area (Å²) in [5, 5.41) is 1.02. The topological polar surface area (TPSA) is 25.4 Å². The van der Waals surface area contributed by atoms with Gasteiger partial charge < -0.3 is 4.74 Å². The molecule has 0 amide bonds. The van der Waals surface area contributed by atoms with Crippen LogP contribution in [-0.2, 0) is 4.74 Å². The Morgan fingerprint density at radius 1 is 1.45 bits per heavy atom. The van der Waals surface area contributed by atoms with E-state index in [0.29, 0.717) is 10.0 Å². The summed E-state index contributed by atoms with van der Waals surface area (Å²) < 4.78 is 5.03. The van der Waals surface area contributed by atoms with Crippen molar-refractivity contribution in [3.63, 3.8) is 0 Å². The molecule has 2 nitrogen and oxygen atoms in total. The van der Waals surface area contributed by atoms with E-state index < -0.39 is 0 Å². The molecule has 1 saturated heterocycles. The van der Waals surface area contributed by atoms with E-state index in [4.69, 9.17) is 27.9 Å². The Balaban J connectivity index is 2.36. The van der Waals surface area contributed by atoms with Crippen LogP contribution in [0.2, 0.25) is 10.0 Å². The summed E-state index contributed by atoms with van der Waals surface area (Å²) in [6.07, 6.45) is 1.69. The lowest BCUT2D eigenvalue weighted by atomic mass is 10.3. The summed E-state index contributed by atoms with van der Waals surface area (Å²) in [5.74, 6) is 0. The van der Waals surface area contributed by atoms with Crippen LogP contribution in [0.1, 0.15) is 11.8 Å². The minimum atomic E-state index is 0.143. The first-order valence-electron chi connectivity index (χ1n) is 3.20. The smallest absolute Gasteiger partial charge is 0.123 e. The van der Waals surface area contributed by atoms with Gasteiger partial charge in [0, 0.05) is 6.20 Å². The first kappa shape index (κ1) is 7.35. The van der Waals surface area contributed by atoms with Crippen LogP contribution in [0.3, 0.4) is 0 Å². The van der Waals surface area contributed by atoms with Crippen LogP contribution in [0.15, 0.2) is 12.3 Å². The molecule has 0 N–H and O–H groups in total. The number of ether oxygens (including phenoxy) is 1. The third kappa shape index (κ3) is 1.48. The Morgan fingerprint density at radius 3 is 2.73 bits per heavy atom. The van der Waals surface area contributed by atoms with Crippen molar-refractivity contribution in [2.24, 2.45) is 0 Å². The second kappa shape index (κ2) is 2.63. The Kier molecular flexibility index (Phi) is 1.75. The molecule has 1 aliphatic heterocycles. The van der Waals surface area contributed by atoms with Gasteiger partial charge in [0.25, 0.3) is 0 Å². The van der Waals surface area contributed by atoms with Gasteiger partial charge in [0.1, 0.15) is 6.10 Å². The molecule has 2 heterocycles. The Labute approximate surface area is 74.1 Å². The molecule has 1 atom stereocenters. The lowest BCUT2D eigenvalue weighted by Gasteiger charge is -1.96. The number of hydrogen-bond acceptors (Lipinski definition) is 2. The molecule has 1 aliphatic rings. The largest absolute Gasteiger partial charge is 0.366 e. The maximum absolute atomic E-state index is 5.76. The van der Waals surface area contributed by atoms with Gasteiger partial charge in [-0.3, -0.25) is 4.98 Å². The van der Waals surface area contributed by atoms with Gasteiger partial charge in [-0.2, -0.15) is 0 Å². The molecule has 0 saturated carbocycles. The van der Waals surface area contributed by atoms with Gasteiger partial charge in [0.15, 0.2) is 0 Å². The maximum Gasteiger partial charge on any atom is 0.123 e. The van der Waals surface area contributed by atoms with Crippen molar-refractivity contribution < 1.29 is 4.74 Å². The van der Waals surface area contributed by atoms with E-state index in [1.807, 2.05) is 0 Å². The molecule has 1 unspecified atom stereocenters. The molecule has 0 spiro atoms. The zero-order valence-electron chi connectivity index (χ0n) is 5.55. The first-order valence-corrected chi connectivity index (χ1v) is 3.95. The van der Waals surface area contributed by atoms with Crippen LogP contribution in [0.4, 0.5) is 0 Å². The number of rotatable bonds is 1. The highest BCUT2D eigenvalue weighted by Crippen LogP contribution is 2.31. The predicted molar refractivity (Wildman–Crippen MR) is 43.0 cm³/mol. The highest BCUT2D eigenvalue weighted by atomic mass is 35.5. The molecule has 58 valence electrons.